The van der Waals surface area contributed by atoms with E-state index in [1.165, 1.54) is 13.2 Å². The summed E-state index contributed by atoms with van der Waals surface area (Å²) in [5, 5.41) is -0.288. The van der Waals surface area contributed by atoms with E-state index in [1.54, 1.807) is 6.92 Å². The number of rotatable bonds is 2. The van der Waals surface area contributed by atoms with Crippen LogP contribution in [-0.4, -0.2) is 12.2 Å². The van der Waals surface area contributed by atoms with E-state index < -0.39 is 0 Å². The van der Waals surface area contributed by atoms with Gasteiger partial charge in [0.15, 0.2) is 0 Å². The van der Waals surface area contributed by atoms with Crippen LogP contribution in [0.1, 0.15) is 6.92 Å². The molecule has 0 atom stereocenters. The van der Waals surface area contributed by atoms with Crippen molar-refractivity contribution in [3.8, 4) is 0 Å². The third-order valence-electron chi connectivity index (χ3n) is 0.649. The monoisotopic (exact) mass is 132 g/mol. The fourth-order valence-electron chi connectivity index (χ4n) is 0.233. The van der Waals surface area contributed by atoms with Crippen molar-refractivity contribution in [1.82, 2.24) is 0 Å². The molecule has 0 aromatic rings. The highest BCUT2D eigenvalue weighted by Crippen LogP contribution is 1.93. The lowest BCUT2D eigenvalue weighted by atomic mass is 10.5. The van der Waals surface area contributed by atoms with Crippen molar-refractivity contribution in [2.45, 2.75) is 6.92 Å². The molecule has 2 nitrogen and oxygen atoms in total. The second kappa shape index (κ2) is 3.55. The molecule has 8 heavy (non-hydrogen) atoms. The van der Waals surface area contributed by atoms with Crippen LogP contribution in [0.15, 0.2) is 11.8 Å². The fraction of sp³-hybridized carbons (Fsp3) is 0.400. The Balaban J connectivity index is 3.75. The number of hydrogen-bond donors (Lipinski definition) is 1. The molecule has 0 spiro atoms. The molecule has 0 N–H and O–H groups in total. The van der Waals surface area contributed by atoms with Crippen molar-refractivity contribution >= 4 is 17.7 Å². The van der Waals surface area contributed by atoms with Gasteiger partial charge in [-0.05, 0) is 6.92 Å². The van der Waals surface area contributed by atoms with E-state index in [2.05, 4.69) is 17.4 Å². The van der Waals surface area contributed by atoms with Gasteiger partial charge < -0.3 is 4.74 Å². The van der Waals surface area contributed by atoms with Crippen LogP contribution in [0.5, 0.6) is 0 Å². The maximum atomic E-state index is 10.1. The van der Waals surface area contributed by atoms with Gasteiger partial charge in [0.05, 0.1) is 12.9 Å². The molecule has 0 aliphatic rings. The van der Waals surface area contributed by atoms with E-state index in [0.29, 0.717) is 5.76 Å². The lowest BCUT2D eigenvalue weighted by molar-refractivity contribution is -0.107. The lowest BCUT2D eigenvalue weighted by Gasteiger charge is -1.93. The fourth-order valence-corrected chi connectivity index (χ4v) is 0.415. The number of allylic oxidation sites excluding steroid dienone is 1. The molecular formula is C5H8O2S. The molecule has 0 saturated heterocycles. The highest BCUT2D eigenvalue weighted by molar-refractivity contribution is 7.97. The quantitative estimate of drug-likeness (QED) is 0.344. The first kappa shape index (κ1) is 7.56. The van der Waals surface area contributed by atoms with E-state index in [9.17, 15) is 4.79 Å². The van der Waals surface area contributed by atoms with Crippen LogP contribution in [0.3, 0.4) is 0 Å². The van der Waals surface area contributed by atoms with Gasteiger partial charge in [-0.2, -0.15) is 0 Å². The van der Waals surface area contributed by atoms with Gasteiger partial charge in [-0.3, -0.25) is 4.79 Å². The van der Waals surface area contributed by atoms with Crippen molar-refractivity contribution in [2.24, 2.45) is 0 Å². The minimum atomic E-state index is -0.288. The second-order valence-corrected chi connectivity index (χ2v) is 1.74. The molecule has 0 bridgehead atoms. The first-order chi connectivity index (χ1) is 3.66. The van der Waals surface area contributed by atoms with Crippen LogP contribution >= 0.6 is 12.6 Å². The summed E-state index contributed by atoms with van der Waals surface area (Å²) in [6, 6.07) is 0. The summed E-state index contributed by atoms with van der Waals surface area (Å²) < 4.78 is 4.65. The molecular weight excluding hydrogens is 124 g/mol. The average molecular weight is 132 g/mol. The maximum absolute atomic E-state index is 10.1. The summed E-state index contributed by atoms with van der Waals surface area (Å²) in [5.41, 5.74) is 0. The molecule has 0 saturated carbocycles. The van der Waals surface area contributed by atoms with Crippen molar-refractivity contribution in [2.75, 3.05) is 7.11 Å². The highest BCUT2D eigenvalue weighted by Gasteiger charge is 1.87. The number of carbonyl (C=O) groups is 1. The Morgan fingerprint density at radius 1 is 1.75 bits per heavy atom. The second-order valence-electron chi connectivity index (χ2n) is 1.30. The topological polar surface area (TPSA) is 26.3 Å². The Labute approximate surface area is 53.9 Å². The van der Waals surface area contributed by atoms with Gasteiger partial charge in [-0.25, -0.2) is 0 Å². The first-order valence-electron chi connectivity index (χ1n) is 2.12. The van der Waals surface area contributed by atoms with E-state index >= 15 is 0 Å². The standard InChI is InChI=1S/C5H8O2S/c1-4(7-2)3-5(6)8/h3H,1-2H3,(H,6,8)/b4-3+. The third-order valence-corrected chi connectivity index (χ3v) is 0.778. The molecule has 0 aliphatic carbocycles. The minimum Gasteiger partial charge on any atom is -0.501 e. The number of methoxy groups -OCH3 is 1. The van der Waals surface area contributed by atoms with E-state index in [0.717, 1.165) is 0 Å². The number of ether oxygens (including phenoxy) is 1. The molecule has 0 fully saturated rings. The summed E-state index contributed by atoms with van der Waals surface area (Å²) in [5.74, 6) is 0.574. The SMILES string of the molecule is CO/C(C)=C/C(=O)S. The molecule has 0 rings (SSSR count). The average Bonchev–Trinajstić information content (AvgIpc) is 1.65. The Kier molecular flexibility index (Phi) is 3.35. The van der Waals surface area contributed by atoms with Crippen LogP contribution in [0, 0.1) is 0 Å². The summed E-state index contributed by atoms with van der Waals surface area (Å²) in [4.78, 5) is 10.1. The highest BCUT2D eigenvalue weighted by atomic mass is 32.1. The lowest BCUT2D eigenvalue weighted by Crippen LogP contribution is -1.83. The zero-order valence-corrected chi connectivity index (χ0v) is 5.74. The smallest absolute Gasteiger partial charge is 0.212 e. The predicted molar refractivity (Wildman–Crippen MR) is 34.8 cm³/mol. The summed E-state index contributed by atoms with van der Waals surface area (Å²) >= 11 is 3.50. The molecule has 46 valence electrons. The summed E-state index contributed by atoms with van der Waals surface area (Å²) in [6.07, 6.45) is 1.31. The molecule has 0 aromatic carbocycles. The van der Waals surface area contributed by atoms with Crippen LogP contribution in [0.4, 0.5) is 0 Å². The number of carbonyl (C=O) groups excluding carboxylic acids is 1. The molecule has 0 aromatic heterocycles. The summed E-state index contributed by atoms with van der Waals surface area (Å²) in [6.45, 7) is 1.69. The van der Waals surface area contributed by atoms with Gasteiger partial charge in [0.25, 0.3) is 0 Å². The van der Waals surface area contributed by atoms with E-state index in [-0.39, 0.29) is 5.12 Å². The zero-order valence-electron chi connectivity index (χ0n) is 4.84. The van der Waals surface area contributed by atoms with Gasteiger partial charge >= 0.3 is 0 Å². The zero-order chi connectivity index (χ0) is 6.57. The van der Waals surface area contributed by atoms with Crippen LogP contribution in [0.2, 0.25) is 0 Å². The third kappa shape index (κ3) is 3.74. The molecule has 0 unspecified atom stereocenters. The predicted octanol–water partition coefficient (Wildman–Crippen LogP) is 0.993. The molecule has 0 radical (unpaired) electrons. The Morgan fingerprint density at radius 2 is 2.25 bits per heavy atom. The van der Waals surface area contributed by atoms with Gasteiger partial charge in [0.2, 0.25) is 5.12 Å². The molecule has 3 heteroatoms. The molecule has 0 aliphatic heterocycles. The summed E-state index contributed by atoms with van der Waals surface area (Å²) in [7, 11) is 1.50. The van der Waals surface area contributed by atoms with Gasteiger partial charge in [0.1, 0.15) is 0 Å². The normalized spacial score (nSPS) is 11.1. The van der Waals surface area contributed by atoms with Crippen molar-refractivity contribution in [3.63, 3.8) is 0 Å². The van der Waals surface area contributed by atoms with Gasteiger partial charge in [-0.1, -0.05) is 0 Å². The number of thiol groups is 1. The van der Waals surface area contributed by atoms with Crippen molar-refractivity contribution in [3.05, 3.63) is 11.8 Å². The van der Waals surface area contributed by atoms with E-state index in [4.69, 9.17) is 0 Å². The Bertz CT molecular complexity index is 118. The van der Waals surface area contributed by atoms with Crippen molar-refractivity contribution < 1.29 is 9.53 Å². The van der Waals surface area contributed by atoms with E-state index in [1.807, 2.05) is 0 Å². The van der Waals surface area contributed by atoms with Gasteiger partial charge in [0, 0.05) is 6.08 Å². The first-order valence-corrected chi connectivity index (χ1v) is 2.56. The maximum Gasteiger partial charge on any atom is 0.212 e. The van der Waals surface area contributed by atoms with Gasteiger partial charge in [-0.15, -0.1) is 12.6 Å². The van der Waals surface area contributed by atoms with Crippen LogP contribution in [-0.2, 0) is 9.53 Å². The Morgan fingerprint density at radius 3 is 2.38 bits per heavy atom. The molecule has 0 heterocycles. The van der Waals surface area contributed by atoms with Crippen molar-refractivity contribution in [1.29, 1.82) is 0 Å². The minimum absolute atomic E-state index is 0.288. The Hall–Kier alpha value is -0.440. The van der Waals surface area contributed by atoms with Crippen LogP contribution < -0.4 is 0 Å². The molecule has 0 amide bonds. The van der Waals surface area contributed by atoms with Crippen LogP contribution in [0.25, 0.3) is 0 Å². The number of hydrogen-bond acceptors (Lipinski definition) is 2. The largest absolute Gasteiger partial charge is 0.501 e.